The van der Waals surface area contributed by atoms with E-state index in [1.165, 1.54) is 0 Å². The van der Waals surface area contributed by atoms with Crippen LogP contribution in [0.25, 0.3) is 5.76 Å². The minimum Gasteiger partial charge on any atom is -0.872 e. The first-order chi connectivity index (χ1) is 9.27. The van der Waals surface area contributed by atoms with Crippen molar-refractivity contribution in [3.8, 4) is 0 Å². The molecule has 0 bridgehead atoms. The van der Waals surface area contributed by atoms with Gasteiger partial charge in [0.25, 0.3) is 0 Å². The number of allylic oxidation sites excluding steroid dienone is 5. The van der Waals surface area contributed by atoms with Crippen molar-refractivity contribution in [3.05, 3.63) is 95.1 Å². The Bertz CT molecular complexity index is 581. The average Bonchev–Trinajstić information content (AvgIpc) is 3.12. The standard InChI is InChI=1S/C12H10O.C5H4Cl.Fe/c13-12(11-8-4-5-9-11)10-6-2-1-3-7-10;6-5-3-1-2-4-5;/h1-9,13H;1-4H;/q;-1;+2/p-1. The third-order valence-corrected chi connectivity index (χ3v) is 2.83. The Morgan fingerprint density at radius 2 is 1.60 bits per heavy atom. The molecular weight excluding hydrogens is 311 g/mol. The molecule has 1 aliphatic carbocycles. The predicted octanol–water partition coefficient (Wildman–Crippen LogP) is 3.94. The first kappa shape index (κ1) is 16.5. The van der Waals surface area contributed by atoms with Gasteiger partial charge in [-0.3, -0.25) is 0 Å². The molecule has 0 saturated heterocycles. The zero-order valence-corrected chi connectivity index (χ0v) is 12.5. The molecule has 0 amide bonds. The van der Waals surface area contributed by atoms with Crippen molar-refractivity contribution in [2.75, 3.05) is 0 Å². The summed E-state index contributed by atoms with van der Waals surface area (Å²) in [5.41, 5.74) is 1.50. The van der Waals surface area contributed by atoms with E-state index in [9.17, 15) is 5.11 Å². The molecule has 0 spiro atoms. The van der Waals surface area contributed by atoms with E-state index in [1.807, 2.05) is 78.9 Å². The van der Waals surface area contributed by atoms with Crippen LogP contribution in [-0.4, -0.2) is 0 Å². The van der Waals surface area contributed by atoms with Crippen molar-refractivity contribution in [1.29, 1.82) is 0 Å². The van der Waals surface area contributed by atoms with Crippen molar-refractivity contribution in [2.45, 2.75) is 0 Å². The second-order valence-electron chi connectivity index (χ2n) is 3.97. The second kappa shape index (κ2) is 8.55. The maximum Gasteiger partial charge on any atom is 2.00 e. The molecule has 0 aliphatic heterocycles. The normalized spacial score (nSPS) is 11.6. The molecule has 1 aliphatic rings. The van der Waals surface area contributed by atoms with Gasteiger partial charge in [-0.15, -0.1) is 11.6 Å². The molecule has 3 rings (SSSR count). The minimum atomic E-state index is 0. The van der Waals surface area contributed by atoms with Gasteiger partial charge >= 0.3 is 17.1 Å². The summed E-state index contributed by atoms with van der Waals surface area (Å²) in [4.78, 5) is 0. The Morgan fingerprint density at radius 1 is 0.950 bits per heavy atom. The second-order valence-corrected chi connectivity index (χ2v) is 4.41. The zero-order chi connectivity index (χ0) is 13.5. The van der Waals surface area contributed by atoms with E-state index >= 15 is 0 Å². The van der Waals surface area contributed by atoms with Crippen molar-refractivity contribution in [3.63, 3.8) is 0 Å². The van der Waals surface area contributed by atoms with E-state index in [1.54, 1.807) is 0 Å². The molecule has 0 unspecified atom stereocenters. The van der Waals surface area contributed by atoms with Crippen LogP contribution in [-0.2, 0) is 17.1 Å². The first-order valence-corrected chi connectivity index (χ1v) is 6.34. The number of rotatable bonds is 1. The van der Waals surface area contributed by atoms with Gasteiger partial charge in [-0.05, 0) is 11.1 Å². The largest absolute Gasteiger partial charge is 2.00 e. The summed E-state index contributed by atoms with van der Waals surface area (Å²) in [5, 5.41) is 12.5. The van der Waals surface area contributed by atoms with E-state index in [0.717, 1.165) is 16.2 Å². The molecule has 0 saturated carbocycles. The molecular formula is C17H13ClFeO. The molecule has 0 aromatic heterocycles. The van der Waals surface area contributed by atoms with Crippen LogP contribution in [0, 0.1) is 0 Å². The molecule has 2 aromatic carbocycles. The molecule has 0 radical (unpaired) electrons. The Morgan fingerprint density at radius 3 is 2.05 bits per heavy atom. The van der Waals surface area contributed by atoms with E-state index in [2.05, 4.69) is 0 Å². The van der Waals surface area contributed by atoms with Gasteiger partial charge in [0.2, 0.25) is 0 Å². The first-order valence-electron chi connectivity index (χ1n) is 5.96. The SMILES string of the molecule is Clc1ccc[cH-]1.[Fe+2].[O-]C(=C1C=CC=C1)c1ccccc1. The van der Waals surface area contributed by atoms with Crippen molar-refractivity contribution in [2.24, 2.45) is 0 Å². The molecule has 0 heterocycles. The maximum absolute atomic E-state index is 11.7. The molecule has 1 nitrogen and oxygen atoms in total. The van der Waals surface area contributed by atoms with E-state index in [-0.39, 0.29) is 22.8 Å². The molecule has 0 atom stereocenters. The van der Waals surface area contributed by atoms with Crippen LogP contribution >= 0.6 is 11.6 Å². The van der Waals surface area contributed by atoms with Gasteiger partial charge in [0.15, 0.2) is 0 Å². The molecule has 3 heteroatoms. The van der Waals surface area contributed by atoms with E-state index in [0.29, 0.717) is 0 Å². The van der Waals surface area contributed by atoms with Crippen LogP contribution in [0.5, 0.6) is 0 Å². The predicted molar refractivity (Wildman–Crippen MR) is 78.7 cm³/mol. The summed E-state index contributed by atoms with van der Waals surface area (Å²) in [5.74, 6) is 0.0885. The fraction of sp³-hybridized carbons (Fsp3) is 0. The van der Waals surface area contributed by atoms with E-state index < -0.39 is 0 Å². The summed E-state index contributed by atoms with van der Waals surface area (Å²) in [6.45, 7) is 0. The third-order valence-electron chi connectivity index (χ3n) is 2.58. The van der Waals surface area contributed by atoms with Crippen LogP contribution in [0.3, 0.4) is 0 Å². The monoisotopic (exact) mass is 324 g/mol. The number of hydrogen-bond donors (Lipinski definition) is 0. The Labute approximate surface area is 134 Å². The minimum absolute atomic E-state index is 0. The number of hydrogen-bond acceptors (Lipinski definition) is 1. The van der Waals surface area contributed by atoms with Gasteiger partial charge in [0.1, 0.15) is 0 Å². The summed E-state index contributed by atoms with van der Waals surface area (Å²) >= 11 is 5.46. The smallest absolute Gasteiger partial charge is 0.872 e. The van der Waals surface area contributed by atoms with Crippen molar-refractivity contribution < 1.29 is 22.2 Å². The van der Waals surface area contributed by atoms with Gasteiger partial charge in [-0.25, -0.2) is 6.07 Å². The summed E-state index contributed by atoms with van der Waals surface area (Å²) in [7, 11) is 0. The van der Waals surface area contributed by atoms with Crippen LogP contribution in [0.15, 0.2) is 84.5 Å². The van der Waals surface area contributed by atoms with Crippen molar-refractivity contribution in [1.82, 2.24) is 0 Å². The Kier molecular flexibility index (Phi) is 7.03. The Hall–Kier alpha value is -1.60. The molecule has 20 heavy (non-hydrogen) atoms. The molecule has 102 valence electrons. The topological polar surface area (TPSA) is 23.1 Å². The molecule has 0 N–H and O–H groups in total. The third kappa shape index (κ3) is 4.82. The summed E-state index contributed by atoms with van der Waals surface area (Å²) in [6.07, 6.45) is 7.40. The summed E-state index contributed by atoms with van der Waals surface area (Å²) < 4.78 is 0. The molecule has 2 aromatic rings. The quantitative estimate of drug-likeness (QED) is 0.443. The van der Waals surface area contributed by atoms with E-state index in [4.69, 9.17) is 11.6 Å². The van der Waals surface area contributed by atoms with Gasteiger partial charge in [-0.1, -0.05) is 65.4 Å². The van der Waals surface area contributed by atoms with Gasteiger partial charge in [0.05, 0.1) is 0 Å². The fourth-order valence-corrected chi connectivity index (χ4v) is 1.78. The van der Waals surface area contributed by atoms with Crippen LogP contribution in [0.4, 0.5) is 0 Å². The number of benzene rings is 1. The number of halogens is 1. The van der Waals surface area contributed by atoms with Gasteiger partial charge in [0, 0.05) is 0 Å². The van der Waals surface area contributed by atoms with Gasteiger partial charge < -0.3 is 5.11 Å². The van der Waals surface area contributed by atoms with Crippen LogP contribution in [0.1, 0.15) is 5.56 Å². The van der Waals surface area contributed by atoms with Crippen LogP contribution < -0.4 is 5.11 Å². The van der Waals surface area contributed by atoms with Gasteiger partial charge in [-0.2, -0.15) is 18.2 Å². The average molecular weight is 325 g/mol. The Balaban J connectivity index is 0.000000243. The maximum atomic E-state index is 11.7. The molecule has 0 fully saturated rings. The zero-order valence-electron chi connectivity index (χ0n) is 10.6. The summed E-state index contributed by atoms with van der Waals surface area (Å²) in [6, 6.07) is 16.8. The van der Waals surface area contributed by atoms with Crippen LogP contribution in [0.2, 0.25) is 5.02 Å². The van der Waals surface area contributed by atoms with Crippen molar-refractivity contribution >= 4 is 17.4 Å². The fourth-order valence-electron chi connectivity index (χ4n) is 1.63.